The monoisotopic (exact) mass is 329 g/mol. The molecule has 3 N–H and O–H groups in total. The molecule has 0 saturated heterocycles. The Balaban J connectivity index is 2.29. The first-order chi connectivity index (χ1) is 11.2. The fourth-order valence-corrected chi connectivity index (χ4v) is 1.89. The molecule has 2 rings (SSSR count). The van der Waals surface area contributed by atoms with E-state index in [4.69, 9.17) is 4.74 Å². The molecule has 0 unspecified atom stereocenters. The molecule has 0 aromatic heterocycles. The second-order valence-corrected chi connectivity index (χ2v) is 6.20. The zero-order chi connectivity index (χ0) is 17.9. The Hall–Kier alpha value is -3.02. The van der Waals surface area contributed by atoms with E-state index in [1.807, 2.05) is 0 Å². The van der Waals surface area contributed by atoms with Gasteiger partial charge in [0, 0.05) is 11.8 Å². The van der Waals surface area contributed by atoms with Crippen LogP contribution in [-0.2, 0) is 4.74 Å². The number of carbonyl (C=O) groups is 1. The van der Waals surface area contributed by atoms with E-state index in [-0.39, 0.29) is 22.8 Å². The summed E-state index contributed by atoms with van der Waals surface area (Å²) in [6.45, 7) is 5.19. The topological polar surface area (TPSA) is 99.4 Å². The lowest BCUT2D eigenvalue weighted by atomic mass is 10.1. The summed E-state index contributed by atoms with van der Waals surface area (Å²) in [7, 11) is 0. The summed E-state index contributed by atoms with van der Waals surface area (Å²) in [5.74, 6) is -0.905. The SMILES string of the molecule is CC(C)(C)OC(=O)c1cc(N=Cc2cc(O)ccc2O)ccc1O. The van der Waals surface area contributed by atoms with Crippen LogP contribution in [0, 0.1) is 0 Å². The number of aromatic hydroxyl groups is 3. The van der Waals surface area contributed by atoms with E-state index in [9.17, 15) is 20.1 Å². The van der Waals surface area contributed by atoms with Crippen LogP contribution < -0.4 is 0 Å². The molecule has 0 atom stereocenters. The van der Waals surface area contributed by atoms with Crippen molar-refractivity contribution in [3.05, 3.63) is 47.5 Å². The van der Waals surface area contributed by atoms with E-state index in [2.05, 4.69) is 4.99 Å². The molecule has 0 bridgehead atoms. The predicted octanol–water partition coefficient (Wildman–Crippen LogP) is 3.51. The summed E-state index contributed by atoms with van der Waals surface area (Å²) < 4.78 is 5.23. The van der Waals surface area contributed by atoms with Crippen LogP contribution >= 0.6 is 0 Å². The van der Waals surface area contributed by atoms with E-state index in [0.717, 1.165) is 0 Å². The van der Waals surface area contributed by atoms with Gasteiger partial charge < -0.3 is 20.1 Å². The van der Waals surface area contributed by atoms with Gasteiger partial charge in [0.25, 0.3) is 0 Å². The Labute approximate surface area is 139 Å². The molecule has 0 saturated carbocycles. The summed E-state index contributed by atoms with van der Waals surface area (Å²) in [4.78, 5) is 16.2. The van der Waals surface area contributed by atoms with Gasteiger partial charge in [-0.1, -0.05) is 0 Å². The average Bonchev–Trinajstić information content (AvgIpc) is 2.47. The third-order valence-corrected chi connectivity index (χ3v) is 2.96. The molecule has 24 heavy (non-hydrogen) atoms. The normalized spacial score (nSPS) is 11.6. The molecule has 0 heterocycles. The maximum Gasteiger partial charge on any atom is 0.342 e. The van der Waals surface area contributed by atoms with Gasteiger partial charge in [-0.05, 0) is 57.2 Å². The molecule has 0 fully saturated rings. The van der Waals surface area contributed by atoms with Crippen LogP contribution in [0.25, 0.3) is 0 Å². The fraction of sp³-hybridized carbons (Fsp3) is 0.222. The molecule has 0 aliphatic carbocycles. The number of benzene rings is 2. The molecule has 2 aromatic carbocycles. The number of aliphatic imine (C=N–C) groups is 1. The minimum Gasteiger partial charge on any atom is -0.508 e. The quantitative estimate of drug-likeness (QED) is 0.454. The van der Waals surface area contributed by atoms with Crippen molar-refractivity contribution < 1.29 is 24.9 Å². The Morgan fingerprint density at radius 3 is 2.38 bits per heavy atom. The number of carbonyl (C=O) groups excluding carboxylic acids is 1. The van der Waals surface area contributed by atoms with E-state index in [0.29, 0.717) is 11.3 Å². The van der Waals surface area contributed by atoms with Gasteiger partial charge in [0.2, 0.25) is 0 Å². The molecule has 0 spiro atoms. The Kier molecular flexibility index (Phi) is 4.78. The minimum absolute atomic E-state index is 0.000272. The van der Waals surface area contributed by atoms with E-state index < -0.39 is 11.6 Å². The largest absolute Gasteiger partial charge is 0.508 e. The summed E-state index contributed by atoms with van der Waals surface area (Å²) in [5.41, 5.74) is 0.0221. The van der Waals surface area contributed by atoms with Crippen LogP contribution in [-0.4, -0.2) is 33.1 Å². The maximum absolute atomic E-state index is 12.1. The Bertz CT molecular complexity index is 790. The van der Waals surface area contributed by atoms with Crippen LogP contribution in [0.2, 0.25) is 0 Å². The van der Waals surface area contributed by atoms with Gasteiger partial charge in [-0.3, -0.25) is 4.99 Å². The van der Waals surface area contributed by atoms with Gasteiger partial charge in [-0.15, -0.1) is 0 Å². The number of rotatable bonds is 3. The van der Waals surface area contributed by atoms with E-state index in [1.54, 1.807) is 20.8 Å². The Morgan fingerprint density at radius 1 is 1.04 bits per heavy atom. The first-order valence-electron chi connectivity index (χ1n) is 7.28. The second-order valence-electron chi connectivity index (χ2n) is 6.20. The summed E-state index contributed by atoms with van der Waals surface area (Å²) in [6.07, 6.45) is 1.35. The highest BCUT2D eigenvalue weighted by Crippen LogP contribution is 2.26. The number of esters is 1. The highest BCUT2D eigenvalue weighted by Gasteiger charge is 2.20. The standard InChI is InChI=1S/C18H19NO5/c1-18(2,3)24-17(23)14-9-12(4-6-16(14)22)19-10-11-8-13(20)5-7-15(11)21/h4-10,20-22H,1-3H3. The molecular weight excluding hydrogens is 310 g/mol. The van der Waals surface area contributed by atoms with Gasteiger partial charge in [0.1, 0.15) is 28.4 Å². The summed E-state index contributed by atoms with van der Waals surface area (Å²) in [6, 6.07) is 8.30. The van der Waals surface area contributed by atoms with Crippen LogP contribution in [0.4, 0.5) is 5.69 Å². The molecule has 0 aliphatic heterocycles. The predicted molar refractivity (Wildman–Crippen MR) is 90.3 cm³/mol. The zero-order valence-corrected chi connectivity index (χ0v) is 13.6. The number of hydrogen-bond acceptors (Lipinski definition) is 6. The molecule has 6 nitrogen and oxygen atoms in total. The van der Waals surface area contributed by atoms with E-state index in [1.165, 1.54) is 42.6 Å². The van der Waals surface area contributed by atoms with Crippen molar-refractivity contribution in [2.24, 2.45) is 4.99 Å². The van der Waals surface area contributed by atoms with Gasteiger partial charge in [0.15, 0.2) is 0 Å². The molecule has 0 amide bonds. The number of phenolic OH excluding ortho intramolecular Hbond substituents is 3. The number of hydrogen-bond donors (Lipinski definition) is 3. The van der Waals surface area contributed by atoms with Gasteiger partial charge in [-0.2, -0.15) is 0 Å². The summed E-state index contributed by atoms with van der Waals surface area (Å²) in [5, 5.41) is 29.0. The van der Waals surface area contributed by atoms with E-state index >= 15 is 0 Å². The molecule has 126 valence electrons. The van der Waals surface area contributed by atoms with Crippen molar-refractivity contribution in [3.63, 3.8) is 0 Å². The smallest absolute Gasteiger partial charge is 0.342 e. The number of phenols is 3. The van der Waals surface area contributed by atoms with Crippen molar-refractivity contribution >= 4 is 17.9 Å². The van der Waals surface area contributed by atoms with Gasteiger partial charge in [-0.25, -0.2) is 4.79 Å². The molecule has 0 radical (unpaired) electrons. The molecular formula is C18H19NO5. The second kappa shape index (κ2) is 6.62. The number of nitrogens with zero attached hydrogens (tertiary/aromatic N) is 1. The molecule has 6 heteroatoms. The first-order valence-corrected chi connectivity index (χ1v) is 7.28. The van der Waals surface area contributed by atoms with Gasteiger partial charge >= 0.3 is 5.97 Å². The molecule has 0 aliphatic rings. The van der Waals surface area contributed by atoms with Crippen molar-refractivity contribution in [3.8, 4) is 17.2 Å². The van der Waals surface area contributed by atoms with Crippen LogP contribution in [0.15, 0.2) is 41.4 Å². The van der Waals surface area contributed by atoms with Crippen molar-refractivity contribution in [2.75, 3.05) is 0 Å². The third-order valence-electron chi connectivity index (χ3n) is 2.96. The fourth-order valence-electron chi connectivity index (χ4n) is 1.89. The lowest BCUT2D eigenvalue weighted by Gasteiger charge is -2.19. The van der Waals surface area contributed by atoms with Gasteiger partial charge in [0.05, 0.1) is 5.69 Å². The minimum atomic E-state index is -0.684. The maximum atomic E-state index is 12.1. The van der Waals surface area contributed by atoms with Crippen LogP contribution in [0.5, 0.6) is 17.2 Å². The molecule has 2 aromatic rings. The highest BCUT2D eigenvalue weighted by molar-refractivity contribution is 5.94. The highest BCUT2D eigenvalue weighted by atomic mass is 16.6. The van der Waals surface area contributed by atoms with Crippen LogP contribution in [0.3, 0.4) is 0 Å². The average molecular weight is 329 g/mol. The van der Waals surface area contributed by atoms with Crippen molar-refractivity contribution in [1.82, 2.24) is 0 Å². The van der Waals surface area contributed by atoms with Crippen LogP contribution in [0.1, 0.15) is 36.7 Å². The lowest BCUT2D eigenvalue weighted by molar-refractivity contribution is 0.00668. The first kappa shape index (κ1) is 17.3. The van der Waals surface area contributed by atoms with Crippen molar-refractivity contribution in [1.29, 1.82) is 0 Å². The zero-order valence-electron chi connectivity index (χ0n) is 13.6. The Morgan fingerprint density at radius 2 is 1.71 bits per heavy atom. The third kappa shape index (κ3) is 4.49. The summed E-state index contributed by atoms with van der Waals surface area (Å²) >= 11 is 0. The lowest BCUT2D eigenvalue weighted by Crippen LogP contribution is -2.23. The van der Waals surface area contributed by atoms with Crippen molar-refractivity contribution in [2.45, 2.75) is 26.4 Å². The number of ether oxygens (including phenoxy) is 1.